The van der Waals surface area contributed by atoms with Crippen molar-refractivity contribution in [2.24, 2.45) is 5.92 Å². The summed E-state index contributed by atoms with van der Waals surface area (Å²) < 4.78 is 38.1. The van der Waals surface area contributed by atoms with Gasteiger partial charge in [-0.1, -0.05) is 0 Å². The van der Waals surface area contributed by atoms with Crippen LogP contribution in [0.3, 0.4) is 0 Å². The zero-order valence-electron chi connectivity index (χ0n) is 15.3. The van der Waals surface area contributed by atoms with Crippen LogP contribution in [0.2, 0.25) is 0 Å². The Bertz CT molecular complexity index is 580. The quantitative estimate of drug-likeness (QED) is 0.618. The van der Waals surface area contributed by atoms with Gasteiger partial charge >= 0.3 is 0 Å². The Balaban J connectivity index is 1.47. The molecule has 2 saturated heterocycles. The summed E-state index contributed by atoms with van der Waals surface area (Å²) in [6, 6.07) is 0. The van der Waals surface area contributed by atoms with E-state index in [0.29, 0.717) is 25.6 Å². The molecule has 8 heteroatoms. The first-order valence-corrected chi connectivity index (χ1v) is 10.8. The number of likely N-dealkylation sites (N-methyl/N-ethyl adjacent to an activating group) is 1. The lowest BCUT2D eigenvalue weighted by molar-refractivity contribution is -0.133. The van der Waals surface area contributed by atoms with E-state index in [0.717, 1.165) is 45.1 Å². The van der Waals surface area contributed by atoms with Crippen molar-refractivity contribution in [3.63, 3.8) is 0 Å². The average molecular weight is 375 g/mol. The summed E-state index contributed by atoms with van der Waals surface area (Å²) in [7, 11) is 0.354. The smallest absolute Gasteiger partial charge is 0.248 e. The van der Waals surface area contributed by atoms with Gasteiger partial charge in [-0.05, 0) is 44.4 Å². The van der Waals surface area contributed by atoms with Crippen molar-refractivity contribution in [2.75, 3.05) is 47.0 Å². The molecule has 0 aromatic rings. The van der Waals surface area contributed by atoms with E-state index in [-0.39, 0.29) is 23.4 Å². The van der Waals surface area contributed by atoms with Gasteiger partial charge in [0, 0.05) is 40.4 Å². The fraction of sp³-hybridized carbons (Fsp3) is 0.941. The molecule has 1 spiro atoms. The molecule has 144 valence electrons. The summed E-state index contributed by atoms with van der Waals surface area (Å²) >= 11 is 0. The van der Waals surface area contributed by atoms with Crippen LogP contribution in [0.1, 0.15) is 38.5 Å². The van der Waals surface area contributed by atoms with Gasteiger partial charge in [-0.25, -0.2) is 12.7 Å². The Kier molecular flexibility index (Phi) is 5.72. The Hall–Kier alpha value is -0.700. The maximum atomic E-state index is 12.4. The predicted octanol–water partition coefficient (Wildman–Crippen LogP) is 0.845. The zero-order chi connectivity index (χ0) is 18.1. The molecule has 0 aromatic heterocycles. The van der Waals surface area contributed by atoms with Crippen LogP contribution in [-0.4, -0.2) is 81.4 Å². The normalized spacial score (nSPS) is 26.9. The molecule has 25 heavy (non-hydrogen) atoms. The maximum absolute atomic E-state index is 12.4. The summed E-state index contributed by atoms with van der Waals surface area (Å²) in [6.45, 7) is 2.52. The first kappa shape index (κ1) is 19.1. The van der Waals surface area contributed by atoms with Crippen molar-refractivity contribution in [1.29, 1.82) is 0 Å². The third kappa shape index (κ3) is 4.18. The standard InChI is InChI=1S/C17H30N2O5S/c1-18(2)16(20)13-23-11-5-14-6-12-24-17(14)7-9-19(10-8-17)25(21,22)15-3-4-15/h14-15H,3-13H2,1-2H3/t14-/m1/s1. The number of piperidine rings is 1. The number of amides is 1. The zero-order valence-corrected chi connectivity index (χ0v) is 16.1. The van der Waals surface area contributed by atoms with Crippen molar-refractivity contribution >= 4 is 15.9 Å². The molecule has 7 nitrogen and oxygen atoms in total. The number of rotatable bonds is 7. The summed E-state index contributed by atoms with van der Waals surface area (Å²) in [6.07, 6.45) is 5.00. The van der Waals surface area contributed by atoms with Crippen LogP contribution in [0.25, 0.3) is 0 Å². The highest BCUT2D eigenvalue weighted by molar-refractivity contribution is 7.90. The SMILES string of the molecule is CN(C)C(=O)COCC[C@@H]1CCOC12CCN(S(=O)(=O)C1CC1)CC2. The van der Waals surface area contributed by atoms with Crippen LogP contribution in [0.15, 0.2) is 0 Å². The molecule has 0 unspecified atom stereocenters. The van der Waals surface area contributed by atoms with Gasteiger partial charge in [-0.15, -0.1) is 0 Å². The van der Waals surface area contributed by atoms with Crippen LogP contribution in [0, 0.1) is 5.92 Å². The Morgan fingerprint density at radius 3 is 2.52 bits per heavy atom. The van der Waals surface area contributed by atoms with Gasteiger partial charge < -0.3 is 14.4 Å². The number of hydrogen-bond donors (Lipinski definition) is 0. The minimum Gasteiger partial charge on any atom is -0.375 e. The van der Waals surface area contributed by atoms with E-state index >= 15 is 0 Å². The molecule has 1 saturated carbocycles. The summed E-state index contributed by atoms with van der Waals surface area (Å²) in [5.74, 6) is 0.351. The minimum absolute atomic E-state index is 0.0315. The van der Waals surface area contributed by atoms with Crippen LogP contribution >= 0.6 is 0 Å². The first-order valence-electron chi connectivity index (χ1n) is 9.26. The molecular weight excluding hydrogens is 344 g/mol. The first-order chi connectivity index (χ1) is 11.8. The third-order valence-corrected chi connectivity index (χ3v) is 8.21. The molecule has 2 aliphatic heterocycles. The van der Waals surface area contributed by atoms with Crippen LogP contribution < -0.4 is 0 Å². The van der Waals surface area contributed by atoms with E-state index in [2.05, 4.69) is 0 Å². The van der Waals surface area contributed by atoms with Crippen molar-refractivity contribution < 1.29 is 22.7 Å². The van der Waals surface area contributed by atoms with Gasteiger partial charge in [0.25, 0.3) is 0 Å². The lowest BCUT2D eigenvalue weighted by Crippen LogP contribution is -2.50. The highest BCUT2D eigenvalue weighted by Gasteiger charge is 2.49. The minimum atomic E-state index is -3.08. The van der Waals surface area contributed by atoms with Gasteiger partial charge in [0.05, 0.1) is 10.9 Å². The van der Waals surface area contributed by atoms with E-state index in [1.165, 1.54) is 4.90 Å². The van der Waals surface area contributed by atoms with E-state index < -0.39 is 10.0 Å². The fourth-order valence-electron chi connectivity index (χ4n) is 3.96. The second-order valence-corrected chi connectivity index (χ2v) is 9.88. The van der Waals surface area contributed by atoms with E-state index in [1.807, 2.05) is 0 Å². The maximum Gasteiger partial charge on any atom is 0.248 e. The van der Waals surface area contributed by atoms with Gasteiger partial charge in [0.15, 0.2) is 0 Å². The lowest BCUT2D eigenvalue weighted by atomic mass is 9.78. The molecule has 3 aliphatic rings. The molecule has 1 amide bonds. The van der Waals surface area contributed by atoms with Gasteiger partial charge in [-0.3, -0.25) is 4.79 Å². The van der Waals surface area contributed by atoms with Crippen molar-refractivity contribution in [2.45, 2.75) is 49.4 Å². The summed E-state index contributed by atoms with van der Waals surface area (Å²) in [4.78, 5) is 13.1. The van der Waals surface area contributed by atoms with Gasteiger partial charge in [-0.2, -0.15) is 0 Å². The summed E-state index contributed by atoms with van der Waals surface area (Å²) in [5, 5.41) is -0.135. The topological polar surface area (TPSA) is 76.2 Å². The molecule has 0 radical (unpaired) electrons. The van der Waals surface area contributed by atoms with Crippen molar-refractivity contribution in [1.82, 2.24) is 9.21 Å². The molecule has 2 heterocycles. The molecule has 3 fully saturated rings. The molecular formula is C17H30N2O5S. The van der Waals surface area contributed by atoms with Gasteiger partial charge in [0.1, 0.15) is 6.61 Å². The highest BCUT2D eigenvalue weighted by atomic mass is 32.2. The van der Waals surface area contributed by atoms with E-state index in [9.17, 15) is 13.2 Å². The van der Waals surface area contributed by atoms with Crippen molar-refractivity contribution in [3.8, 4) is 0 Å². The molecule has 0 aromatic carbocycles. The number of carbonyl (C=O) groups excluding carboxylic acids is 1. The number of carbonyl (C=O) groups is 1. The number of nitrogens with zero attached hydrogens (tertiary/aromatic N) is 2. The Labute approximate surface area is 150 Å². The highest BCUT2D eigenvalue weighted by Crippen LogP contribution is 2.43. The second-order valence-electron chi connectivity index (χ2n) is 7.67. The molecule has 1 aliphatic carbocycles. The van der Waals surface area contributed by atoms with Crippen LogP contribution in [0.4, 0.5) is 0 Å². The molecule has 3 rings (SSSR count). The molecule has 0 N–H and O–H groups in total. The Morgan fingerprint density at radius 2 is 1.92 bits per heavy atom. The van der Waals surface area contributed by atoms with E-state index in [1.54, 1.807) is 18.4 Å². The lowest BCUT2D eigenvalue weighted by Gasteiger charge is -2.41. The third-order valence-electron chi connectivity index (χ3n) is 5.81. The van der Waals surface area contributed by atoms with E-state index in [4.69, 9.17) is 9.47 Å². The molecule has 0 bridgehead atoms. The van der Waals surface area contributed by atoms with Crippen LogP contribution in [-0.2, 0) is 24.3 Å². The summed E-state index contributed by atoms with van der Waals surface area (Å²) in [5.41, 5.74) is -0.204. The Morgan fingerprint density at radius 1 is 1.24 bits per heavy atom. The predicted molar refractivity (Wildman–Crippen MR) is 93.7 cm³/mol. The second kappa shape index (κ2) is 7.50. The van der Waals surface area contributed by atoms with Crippen molar-refractivity contribution in [3.05, 3.63) is 0 Å². The average Bonchev–Trinajstić information content (AvgIpc) is 3.37. The monoisotopic (exact) mass is 374 g/mol. The van der Waals surface area contributed by atoms with Crippen LogP contribution in [0.5, 0.6) is 0 Å². The number of ether oxygens (including phenoxy) is 2. The largest absolute Gasteiger partial charge is 0.375 e. The fourth-order valence-corrected chi connectivity index (χ4v) is 5.80. The number of sulfonamides is 1. The van der Waals surface area contributed by atoms with Gasteiger partial charge in [0.2, 0.25) is 15.9 Å². The molecule has 1 atom stereocenters. The number of hydrogen-bond acceptors (Lipinski definition) is 5.